The number of carboxylic acid groups (broad SMARTS) is 1. The number of hydrogen-bond donors (Lipinski definition) is 3. The molecule has 0 heterocycles. The molecule has 0 radical (unpaired) electrons. The first kappa shape index (κ1) is 14.8. The molecule has 0 aliphatic rings. The van der Waals surface area contributed by atoms with Crippen LogP contribution in [0.15, 0.2) is 30.3 Å². The van der Waals surface area contributed by atoms with Crippen LogP contribution in [0.25, 0.3) is 6.08 Å². The second-order valence-corrected chi connectivity index (χ2v) is 3.82. The number of aliphatic hydroxyl groups is 1. The highest BCUT2D eigenvalue weighted by Gasteiger charge is 2.12. The molecule has 1 amide bonds. The third-order valence-electron chi connectivity index (χ3n) is 2.30. The van der Waals surface area contributed by atoms with E-state index in [2.05, 4.69) is 5.32 Å². The summed E-state index contributed by atoms with van der Waals surface area (Å²) < 4.78 is 12.6. The lowest BCUT2D eigenvalue weighted by atomic mass is 10.2. The van der Waals surface area contributed by atoms with Gasteiger partial charge in [-0.25, -0.2) is 9.18 Å². The van der Waals surface area contributed by atoms with Gasteiger partial charge in [0.25, 0.3) is 0 Å². The minimum absolute atomic E-state index is 0.0556. The number of nitrogens with one attached hydrogen (secondary N) is 1. The SMILES string of the molecule is O=C(/C=C/c1ccc(F)cc1)NCC[C@H](O)C(=O)O. The molecule has 1 rings (SSSR count). The molecule has 19 heavy (non-hydrogen) atoms. The maximum atomic E-state index is 12.6. The van der Waals surface area contributed by atoms with Crippen LogP contribution in [-0.4, -0.2) is 34.7 Å². The molecule has 0 fully saturated rings. The zero-order valence-corrected chi connectivity index (χ0v) is 10.0. The highest BCUT2D eigenvalue weighted by Crippen LogP contribution is 2.04. The molecular formula is C13H14FNO4. The number of halogens is 1. The average molecular weight is 267 g/mol. The van der Waals surface area contributed by atoms with Gasteiger partial charge in [-0.15, -0.1) is 0 Å². The molecule has 1 aromatic carbocycles. The summed E-state index contributed by atoms with van der Waals surface area (Å²) >= 11 is 0. The molecule has 6 heteroatoms. The number of carbonyl (C=O) groups excluding carboxylic acids is 1. The molecule has 0 unspecified atom stereocenters. The average Bonchev–Trinajstić information content (AvgIpc) is 2.37. The van der Waals surface area contributed by atoms with E-state index in [9.17, 15) is 14.0 Å². The van der Waals surface area contributed by atoms with Gasteiger partial charge in [-0.05, 0) is 23.8 Å². The molecule has 0 aliphatic carbocycles. The maximum absolute atomic E-state index is 12.6. The molecule has 0 saturated carbocycles. The molecule has 0 spiro atoms. The normalized spacial score (nSPS) is 12.3. The number of rotatable bonds is 6. The Bertz CT molecular complexity index is 470. The van der Waals surface area contributed by atoms with Crippen molar-refractivity contribution in [3.8, 4) is 0 Å². The van der Waals surface area contributed by atoms with Crippen LogP contribution in [0.4, 0.5) is 4.39 Å². The molecule has 0 aliphatic heterocycles. The van der Waals surface area contributed by atoms with Gasteiger partial charge in [0.15, 0.2) is 6.10 Å². The van der Waals surface area contributed by atoms with E-state index in [4.69, 9.17) is 10.2 Å². The van der Waals surface area contributed by atoms with Crippen LogP contribution >= 0.6 is 0 Å². The first-order valence-corrected chi connectivity index (χ1v) is 5.61. The van der Waals surface area contributed by atoms with Crippen molar-refractivity contribution in [3.63, 3.8) is 0 Å². The summed E-state index contributed by atoms with van der Waals surface area (Å²) in [5, 5.41) is 19.8. The fourth-order valence-electron chi connectivity index (χ4n) is 1.26. The van der Waals surface area contributed by atoms with Gasteiger partial charge >= 0.3 is 5.97 Å². The van der Waals surface area contributed by atoms with Gasteiger partial charge in [0.2, 0.25) is 5.91 Å². The van der Waals surface area contributed by atoms with E-state index in [0.717, 1.165) is 0 Å². The Morgan fingerprint density at radius 3 is 2.53 bits per heavy atom. The molecule has 1 atom stereocenters. The standard InChI is InChI=1S/C13H14FNO4/c14-10-4-1-9(2-5-10)3-6-12(17)15-8-7-11(16)13(18)19/h1-6,11,16H,7-8H2,(H,15,17)(H,18,19)/b6-3+/t11-/m0/s1. The Hall–Kier alpha value is -2.21. The number of carboxylic acids is 1. The number of aliphatic hydroxyl groups excluding tert-OH is 1. The molecule has 102 valence electrons. The van der Waals surface area contributed by atoms with Crippen molar-refractivity contribution in [3.05, 3.63) is 41.7 Å². The first-order valence-electron chi connectivity index (χ1n) is 5.61. The highest BCUT2D eigenvalue weighted by molar-refractivity contribution is 5.91. The predicted molar refractivity (Wildman–Crippen MR) is 66.7 cm³/mol. The van der Waals surface area contributed by atoms with E-state index in [-0.39, 0.29) is 18.8 Å². The zero-order chi connectivity index (χ0) is 14.3. The van der Waals surface area contributed by atoms with Crippen LogP contribution in [-0.2, 0) is 9.59 Å². The second kappa shape index (κ2) is 7.27. The van der Waals surface area contributed by atoms with Crippen molar-refractivity contribution in [2.45, 2.75) is 12.5 Å². The topological polar surface area (TPSA) is 86.6 Å². The van der Waals surface area contributed by atoms with Gasteiger partial charge in [0, 0.05) is 19.0 Å². The van der Waals surface area contributed by atoms with Gasteiger partial charge in [0.05, 0.1) is 0 Å². The fourth-order valence-corrected chi connectivity index (χ4v) is 1.26. The van der Waals surface area contributed by atoms with Crippen molar-refractivity contribution in [2.75, 3.05) is 6.54 Å². The highest BCUT2D eigenvalue weighted by atomic mass is 19.1. The van der Waals surface area contributed by atoms with E-state index < -0.39 is 18.0 Å². The lowest BCUT2D eigenvalue weighted by Crippen LogP contribution is -2.28. The van der Waals surface area contributed by atoms with Crippen LogP contribution in [0, 0.1) is 5.82 Å². The fraction of sp³-hybridized carbons (Fsp3) is 0.231. The van der Waals surface area contributed by atoms with Gasteiger partial charge in [0.1, 0.15) is 5.82 Å². The van der Waals surface area contributed by atoms with Crippen molar-refractivity contribution in [2.24, 2.45) is 0 Å². The summed E-state index contributed by atoms with van der Waals surface area (Å²) in [6, 6.07) is 5.60. The van der Waals surface area contributed by atoms with Crippen LogP contribution in [0.2, 0.25) is 0 Å². The summed E-state index contributed by atoms with van der Waals surface area (Å²) in [6.45, 7) is 0.0556. The van der Waals surface area contributed by atoms with E-state index in [0.29, 0.717) is 5.56 Å². The predicted octanol–water partition coefficient (Wildman–Crippen LogP) is 0.791. The summed E-state index contributed by atoms with van der Waals surface area (Å²) in [4.78, 5) is 21.6. The van der Waals surface area contributed by atoms with Gasteiger partial charge < -0.3 is 15.5 Å². The maximum Gasteiger partial charge on any atom is 0.332 e. The zero-order valence-electron chi connectivity index (χ0n) is 10.0. The number of benzene rings is 1. The van der Waals surface area contributed by atoms with E-state index in [1.807, 2.05) is 0 Å². The summed E-state index contributed by atoms with van der Waals surface area (Å²) in [7, 11) is 0. The van der Waals surface area contributed by atoms with Crippen LogP contribution in [0.3, 0.4) is 0 Å². The largest absolute Gasteiger partial charge is 0.479 e. The minimum Gasteiger partial charge on any atom is -0.479 e. The lowest BCUT2D eigenvalue weighted by molar-refractivity contribution is -0.147. The van der Waals surface area contributed by atoms with E-state index in [1.54, 1.807) is 0 Å². The Morgan fingerprint density at radius 1 is 1.32 bits per heavy atom. The van der Waals surface area contributed by atoms with E-state index >= 15 is 0 Å². The molecule has 0 saturated heterocycles. The third-order valence-corrected chi connectivity index (χ3v) is 2.30. The molecule has 1 aromatic rings. The van der Waals surface area contributed by atoms with Crippen LogP contribution < -0.4 is 5.32 Å². The number of aliphatic carboxylic acids is 1. The van der Waals surface area contributed by atoms with E-state index in [1.165, 1.54) is 36.4 Å². The Morgan fingerprint density at radius 2 is 1.95 bits per heavy atom. The first-order chi connectivity index (χ1) is 8.99. The molecule has 5 nitrogen and oxygen atoms in total. The van der Waals surface area contributed by atoms with Crippen molar-refractivity contribution in [1.82, 2.24) is 5.32 Å². The number of amides is 1. The molecule has 0 aromatic heterocycles. The van der Waals surface area contributed by atoms with Crippen molar-refractivity contribution >= 4 is 18.0 Å². The third kappa shape index (κ3) is 5.78. The molecule has 3 N–H and O–H groups in total. The van der Waals surface area contributed by atoms with Gasteiger partial charge in [-0.3, -0.25) is 4.79 Å². The summed E-state index contributed by atoms with van der Waals surface area (Å²) in [5.74, 6) is -2.10. The van der Waals surface area contributed by atoms with Crippen LogP contribution in [0.1, 0.15) is 12.0 Å². The van der Waals surface area contributed by atoms with Gasteiger partial charge in [-0.2, -0.15) is 0 Å². The number of carbonyl (C=O) groups is 2. The molecular weight excluding hydrogens is 253 g/mol. The quantitative estimate of drug-likeness (QED) is 0.665. The Kier molecular flexibility index (Phi) is 5.69. The van der Waals surface area contributed by atoms with Crippen molar-refractivity contribution in [1.29, 1.82) is 0 Å². The second-order valence-electron chi connectivity index (χ2n) is 3.82. The Labute approximate surface area is 109 Å². The number of hydrogen-bond acceptors (Lipinski definition) is 3. The summed E-state index contributed by atoms with van der Waals surface area (Å²) in [5.41, 5.74) is 0.669. The summed E-state index contributed by atoms with van der Waals surface area (Å²) in [6.07, 6.45) is 1.20. The lowest BCUT2D eigenvalue weighted by Gasteiger charge is -2.05. The van der Waals surface area contributed by atoms with Crippen molar-refractivity contribution < 1.29 is 24.2 Å². The smallest absolute Gasteiger partial charge is 0.332 e. The monoisotopic (exact) mass is 267 g/mol. The van der Waals surface area contributed by atoms with Crippen LogP contribution in [0.5, 0.6) is 0 Å². The minimum atomic E-state index is -1.48. The van der Waals surface area contributed by atoms with Gasteiger partial charge in [-0.1, -0.05) is 12.1 Å². The molecule has 0 bridgehead atoms. The Balaban J connectivity index is 2.35.